The molecule has 6 nitrogen and oxygen atoms in total. The molecule has 2 unspecified atom stereocenters. The van der Waals surface area contributed by atoms with Crippen LogP contribution in [0.5, 0.6) is 0 Å². The van der Waals surface area contributed by atoms with E-state index in [0.29, 0.717) is 6.42 Å². The Balaban J connectivity index is 1.86. The molecule has 6 heteroatoms. The molecule has 0 saturated carbocycles. The Kier molecular flexibility index (Phi) is 2.74. The highest BCUT2D eigenvalue weighted by Gasteiger charge is 2.31. The van der Waals surface area contributed by atoms with Crippen LogP contribution in [0.4, 0.5) is 5.82 Å². The number of carbonyl (C=O) groups is 1. The zero-order valence-electron chi connectivity index (χ0n) is 10.4. The van der Waals surface area contributed by atoms with Gasteiger partial charge in [0, 0.05) is 13.1 Å². The number of aromatic nitrogens is 2. The summed E-state index contributed by atoms with van der Waals surface area (Å²) in [5.74, 6) is 1.31. The van der Waals surface area contributed by atoms with Gasteiger partial charge in [0.1, 0.15) is 17.7 Å². The van der Waals surface area contributed by atoms with Gasteiger partial charge in [-0.2, -0.15) is 0 Å². The molecular formula is C12H18N4O2. The van der Waals surface area contributed by atoms with E-state index in [1.54, 1.807) is 0 Å². The van der Waals surface area contributed by atoms with Crippen LogP contribution in [0, 0.1) is 6.92 Å². The van der Waals surface area contributed by atoms with Crippen molar-refractivity contribution < 1.29 is 9.90 Å². The molecule has 98 valence electrons. The summed E-state index contributed by atoms with van der Waals surface area (Å²) in [6, 6.07) is -0.376. The molecule has 1 aromatic heterocycles. The first-order valence-corrected chi connectivity index (χ1v) is 6.46. The summed E-state index contributed by atoms with van der Waals surface area (Å²) in [7, 11) is 0. The fourth-order valence-electron chi connectivity index (χ4n) is 2.93. The van der Waals surface area contributed by atoms with Crippen molar-refractivity contribution in [3.63, 3.8) is 0 Å². The molecule has 0 aliphatic carbocycles. The number of piperidine rings is 1. The molecule has 0 amide bonds. The van der Waals surface area contributed by atoms with Crippen LogP contribution >= 0.6 is 0 Å². The lowest BCUT2D eigenvalue weighted by Crippen LogP contribution is -2.43. The quantitative estimate of drug-likeness (QED) is 0.726. The monoisotopic (exact) mass is 250 g/mol. The predicted molar refractivity (Wildman–Crippen MR) is 66.6 cm³/mol. The van der Waals surface area contributed by atoms with Gasteiger partial charge in [0.15, 0.2) is 0 Å². The molecule has 1 saturated heterocycles. The lowest BCUT2D eigenvalue weighted by atomic mass is 9.98. The third kappa shape index (κ3) is 1.77. The molecule has 0 bridgehead atoms. The van der Waals surface area contributed by atoms with Crippen molar-refractivity contribution in [2.45, 2.75) is 44.8 Å². The average molecular weight is 250 g/mol. The zero-order chi connectivity index (χ0) is 12.7. The van der Waals surface area contributed by atoms with E-state index < -0.39 is 12.0 Å². The van der Waals surface area contributed by atoms with E-state index in [1.165, 1.54) is 0 Å². The van der Waals surface area contributed by atoms with Crippen LogP contribution < -0.4 is 10.6 Å². The highest BCUT2D eigenvalue weighted by Crippen LogP contribution is 2.30. The van der Waals surface area contributed by atoms with Gasteiger partial charge in [-0.25, -0.2) is 4.98 Å². The van der Waals surface area contributed by atoms with Gasteiger partial charge in [-0.1, -0.05) is 0 Å². The van der Waals surface area contributed by atoms with Gasteiger partial charge < -0.3 is 15.0 Å². The minimum atomic E-state index is -0.761. The number of nitrogens with one attached hydrogen (secondary N) is 2. The first kappa shape index (κ1) is 11.5. The van der Waals surface area contributed by atoms with E-state index in [-0.39, 0.29) is 6.04 Å². The maximum Gasteiger partial charge on any atom is 0.320 e. The zero-order valence-corrected chi connectivity index (χ0v) is 10.4. The fourth-order valence-corrected chi connectivity index (χ4v) is 2.93. The molecule has 0 radical (unpaired) electrons. The van der Waals surface area contributed by atoms with Gasteiger partial charge >= 0.3 is 5.97 Å². The number of rotatable bonds is 2. The lowest BCUT2D eigenvalue weighted by molar-refractivity contribution is -0.140. The number of hydrogen-bond acceptors (Lipinski definition) is 4. The summed E-state index contributed by atoms with van der Waals surface area (Å²) in [5, 5.41) is 15.6. The van der Waals surface area contributed by atoms with Crippen LogP contribution in [0.15, 0.2) is 0 Å². The number of carboxylic acid groups (broad SMARTS) is 1. The second kappa shape index (κ2) is 4.28. The summed E-state index contributed by atoms with van der Waals surface area (Å²) in [6.45, 7) is 3.84. The Morgan fingerprint density at radius 1 is 1.50 bits per heavy atom. The number of imidazole rings is 1. The SMILES string of the molecule is Cc1nc(C2CCCC(C(=O)O)N2)n2c1NCC2. The van der Waals surface area contributed by atoms with Crippen molar-refractivity contribution in [2.75, 3.05) is 11.9 Å². The van der Waals surface area contributed by atoms with Crippen LogP contribution in [-0.2, 0) is 11.3 Å². The second-order valence-corrected chi connectivity index (χ2v) is 5.02. The molecule has 0 spiro atoms. The number of aryl methyl sites for hydroxylation is 1. The summed E-state index contributed by atoms with van der Waals surface area (Å²) in [6.07, 6.45) is 2.60. The Labute approximate surface area is 105 Å². The molecule has 1 aromatic rings. The predicted octanol–water partition coefficient (Wildman–Crippen LogP) is 0.885. The first-order valence-electron chi connectivity index (χ1n) is 6.46. The fraction of sp³-hybridized carbons (Fsp3) is 0.667. The van der Waals surface area contributed by atoms with Crippen molar-refractivity contribution in [1.29, 1.82) is 0 Å². The van der Waals surface area contributed by atoms with Crippen molar-refractivity contribution >= 4 is 11.8 Å². The van der Waals surface area contributed by atoms with Crippen LogP contribution in [0.3, 0.4) is 0 Å². The van der Waals surface area contributed by atoms with Crippen LogP contribution in [-0.4, -0.2) is 33.2 Å². The highest BCUT2D eigenvalue weighted by atomic mass is 16.4. The van der Waals surface area contributed by atoms with E-state index >= 15 is 0 Å². The van der Waals surface area contributed by atoms with Crippen molar-refractivity contribution in [3.05, 3.63) is 11.5 Å². The molecule has 2 aliphatic heterocycles. The smallest absolute Gasteiger partial charge is 0.320 e. The molecule has 2 atom stereocenters. The number of nitrogens with zero attached hydrogens (tertiary/aromatic N) is 2. The Hall–Kier alpha value is -1.56. The standard InChI is InChI=1S/C12H18N4O2/c1-7-10-13-5-6-16(10)11(14-7)8-3-2-4-9(15-8)12(17)18/h8-9,13,15H,2-6H2,1H3,(H,17,18). The van der Waals surface area contributed by atoms with Crippen molar-refractivity contribution in [3.8, 4) is 0 Å². The van der Waals surface area contributed by atoms with Crippen LogP contribution in [0.25, 0.3) is 0 Å². The molecule has 3 heterocycles. The van der Waals surface area contributed by atoms with Crippen LogP contribution in [0.1, 0.15) is 36.8 Å². The van der Waals surface area contributed by atoms with Crippen molar-refractivity contribution in [1.82, 2.24) is 14.9 Å². The molecule has 0 aromatic carbocycles. The van der Waals surface area contributed by atoms with Gasteiger partial charge in [0.25, 0.3) is 0 Å². The van der Waals surface area contributed by atoms with Crippen molar-refractivity contribution in [2.24, 2.45) is 0 Å². The van der Waals surface area contributed by atoms with Gasteiger partial charge in [-0.15, -0.1) is 0 Å². The van der Waals surface area contributed by atoms with E-state index in [0.717, 1.165) is 43.3 Å². The van der Waals surface area contributed by atoms with Gasteiger partial charge in [-0.3, -0.25) is 10.1 Å². The Morgan fingerprint density at radius 3 is 3.11 bits per heavy atom. The summed E-state index contributed by atoms with van der Waals surface area (Å²) in [5.41, 5.74) is 1.00. The molecule has 3 rings (SSSR count). The minimum absolute atomic E-state index is 0.0622. The summed E-state index contributed by atoms with van der Waals surface area (Å²) >= 11 is 0. The lowest BCUT2D eigenvalue weighted by Gasteiger charge is -2.28. The maximum absolute atomic E-state index is 11.1. The second-order valence-electron chi connectivity index (χ2n) is 5.02. The summed E-state index contributed by atoms with van der Waals surface area (Å²) < 4.78 is 2.18. The van der Waals surface area contributed by atoms with E-state index in [2.05, 4.69) is 20.2 Å². The Morgan fingerprint density at radius 2 is 2.33 bits per heavy atom. The number of aliphatic carboxylic acids is 1. The van der Waals surface area contributed by atoms with E-state index in [9.17, 15) is 4.79 Å². The number of fused-ring (bicyclic) bond motifs is 1. The molecule has 2 aliphatic rings. The molecular weight excluding hydrogens is 232 g/mol. The molecule has 18 heavy (non-hydrogen) atoms. The largest absolute Gasteiger partial charge is 0.480 e. The maximum atomic E-state index is 11.1. The third-order valence-corrected chi connectivity index (χ3v) is 3.80. The van der Waals surface area contributed by atoms with E-state index in [4.69, 9.17) is 5.11 Å². The number of anilines is 1. The number of carboxylic acids is 1. The molecule has 1 fully saturated rings. The minimum Gasteiger partial charge on any atom is -0.480 e. The molecule has 3 N–H and O–H groups in total. The number of hydrogen-bond donors (Lipinski definition) is 3. The van der Waals surface area contributed by atoms with Gasteiger partial charge in [0.05, 0.1) is 11.7 Å². The van der Waals surface area contributed by atoms with Crippen LogP contribution in [0.2, 0.25) is 0 Å². The third-order valence-electron chi connectivity index (χ3n) is 3.80. The Bertz CT molecular complexity index is 483. The highest BCUT2D eigenvalue weighted by molar-refractivity contribution is 5.73. The topological polar surface area (TPSA) is 79.2 Å². The first-order chi connectivity index (χ1) is 8.66. The van der Waals surface area contributed by atoms with E-state index in [1.807, 2.05) is 6.92 Å². The van der Waals surface area contributed by atoms with Gasteiger partial charge in [0.2, 0.25) is 0 Å². The van der Waals surface area contributed by atoms with Gasteiger partial charge in [-0.05, 0) is 26.2 Å². The average Bonchev–Trinajstić information content (AvgIpc) is 2.94. The normalized spacial score (nSPS) is 26.7. The summed E-state index contributed by atoms with van der Waals surface area (Å²) in [4.78, 5) is 15.7.